The van der Waals surface area contributed by atoms with Crippen molar-refractivity contribution in [3.8, 4) is 5.75 Å². The van der Waals surface area contributed by atoms with E-state index in [1.54, 1.807) is 18.2 Å². The molecule has 0 aliphatic heterocycles. The van der Waals surface area contributed by atoms with Crippen LogP contribution in [0.15, 0.2) is 42.5 Å². The molecule has 0 bridgehead atoms. The predicted octanol–water partition coefficient (Wildman–Crippen LogP) is 3.12. The molecule has 0 aliphatic carbocycles. The van der Waals surface area contributed by atoms with Crippen molar-refractivity contribution in [2.75, 3.05) is 0 Å². The number of nitrogens with one attached hydrogen (secondary N) is 1. The van der Waals surface area contributed by atoms with Gasteiger partial charge >= 0.3 is 5.97 Å². The monoisotopic (exact) mass is 353 g/mol. The summed E-state index contributed by atoms with van der Waals surface area (Å²) in [6.07, 6.45) is 0. The highest BCUT2D eigenvalue weighted by Gasteiger charge is 2.27. The maximum Gasteiger partial charge on any atom is 0.328 e. The van der Waals surface area contributed by atoms with Gasteiger partial charge in [0.15, 0.2) is 11.8 Å². The summed E-state index contributed by atoms with van der Waals surface area (Å²) < 4.78 is 0. The number of aromatic hydroxyl groups is 1. The number of carboxylic acid groups (broad SMARTS) is 1. The summed E-state index contributed by atoms with van der Waals surface area (Å²) in [6.45, 7) is 0.0271. The Labute approximate surface area is 142 Å². The van der Waals surface area contributed by atoms with Gasteiger partial charge in [0.05, 0.1) is 0 Å². The molecule has 0 saturated carbocycles. The Hall–Kier alpha value is -2.08. The molecule has 0 aromatic heterocycles. The fraction of sp³-hybridized carbons (Fsp3) is 0.125. The van der Waals surface area contributed by atoms with E-state index >= 15 is 0 Å². The Bertz CT molecular complexity index is 711. The van der Waals surface area contributed by atoms with Gasteiger partial charge < -0.3 is 10.2 Å². The Balaban J connectivity index is 2.17. The smallest absolute Gasteiger partial charge is 0.328 e. The molecule has 2 aromatic rings. The van der Waals surface area contributed by atoms with Gasteiger partial charge in [0.1, 0.15) is 5.75 Å². The van der Waals surface area contributed by atoms with Crippen LogP contribution in [0.25, 0.3) is 0 Å². The summed E-state index contributed by atoms with van der Waals surface area (Å²) in [7, 11) is 0. The summed E-state index contributed by atoms with van der Waals surface area (Å²) in [6, 6.07) is 8.82. The molecule has 1 atom stereocenters. The summed E-state index contributed by atoms with van der Waals surface area (Å²) in [5, 5.41) is 21.9. The molecule has 3 N–H and O–H groups in total. The number of rotatable bonds is 6. The van der Waals surface area contributed by atoms with Crippen LogP contribution in [0, 0.1) is 0 Å². The van der Waals surface area contributed by atoms with Crippen LogP contribution in [0.3, 0.4) is 0 Å². The Morgan fingerprint density at radius 1 is 1.04 bits per heavy atom. The fourth-order valence-corrected chi connectivity index (χ4v) is 2.52. The lowest BCUT2D eigenvalue weighted by Crippen LogP contribution is -2.43. The third-order valence-corrected chi connectivity index (χ3v) is 3.91. The number of aliphatic carboxylic acids is 1. The quantitative estimate of drug-likeness (QED) is 0.548. The highest BCUT2D eigenvalue weighted by molar-refractivity contribution is 6.36. The minimum absolute atomic E-state index is 0.00997. The lowest BCUT2D eigenvalue weighted by atomic mass is 10.0. The largest absolute Gasteiger partial charge is 0.508 e. The predicted molar refractivity (Wildman–Crippen MR) is 87.2 cm³/mol. The number of hydrogen-bond donors (Lipinski definition) is 3. The molecule has 5 nitrogen and oxygen atoms in total. The van der Waals surface area contributed by atoms with E-state index < -0.39 is 17.8 Å². The molecular formula is C16H13Cl2NO4. The number of Topliss-reactive ketones (excluding diaryl/α,β-unsaturated/α-hetero) is 1. The number of hydrogen-bond acceptors (Lipinski definition) is 4. The highest BCUT2D eigenvalue weighted by Crippen LogP contribution is 2.24. The van der Waals surface area contributed by atoms with E-state index in [-0.39, 0.29) is 17.9 Å². The third-order valence-electron chi connectivity index (χ3n) is 3.21. The first-order valence-electron chi connectivity index (χ1n) is 6.62. The van der Waals surface area contributed by atoms with Gasteiger partial charge in [-0.2, -0.15) is 0 Å². The number of phenolic OH excluding ortho intramolecular Hbond substituents is 1. The molecule has 7 heteroatoms. The van der Waals surface area contributed by atoms with Gasteiger partial charge in [0.2, 0.25) is 0 Å². The van der Waals surface area contributed by atoms with Crippen molar-refractivity contribution in [1.29, 1.82) is 0 Å². The van der Waals surface area contributed by atoms with Crippen LogP contribution in [0.5, 0.6) is 5.75 Å². The lowest BCUT2D eigenvalue weighted by molar-refractivity contribution is -0.138. The fourth-order valence-electron chi connectivity index (χ4n) is 1.99. The van der Waals surface area contributed by atoms with Crippen LogP contribution < -0.4 is 5.32 Å². The molecule has 2 rings (SSSR count). The maximum atomic E-state index is 12.3. The zero-order chi connectivity index (χ0) is 17.0. The van der Waals surface area contributed by atoms with E-state index in [1.807, 2.05) is 0 Å². The van der Waals surface area contributed by atoms with Gasteiger partial charge in [0, 0.05) is 27.7 Å². The second-order valence-electron chi connectivity index (χ2n) is 4.76. The van der Waals surface area contributed by atoms with Crippen molar-refractivity contribution in [2.24, 2.45) is 0 Å². The van der Waals surface area contributed by atoms with E-state index in [0.29, 0.717) is 15.6 Å². The third kappa shape index (κ3) is 4.22. The molecule has 0 spiro atoms. The van der Waals surface area contributed by atoms with Crippen molar-refractivity contribution >= 4 is 35.0 Å². The average Bonchev–Trinajstić information content (AvgIpc) is 2.50. The zero-order valence-electron chi connectivity index (χ0n) is 11.8. The first-order chi connectivity index (χ1) is 10.9. The molecule has 0 amide bonds. The molecule has 0 unspecified atom stereocenters. The van der Waals surface area contributed by atoms with Crippen molar-refractivity contribution in [3.05, 3.63) is 63.6 Å². The minimum atomic E-state index is -1.45. The van der Waals surface area contributed by atoms with Gasteiger partial charge in [-0.1, -0.05) is 29.3 Å². The van der Waals surface area contributed by atoms with Crippen LogP contribution in [-0.4, -0.2) is 28.0 Å². The standard InChI is InChI=1S/C16H13Cl2NO4/c17-12-2-1-3-13(18)11(12)8-19-14(16(22)23)15(21)9-4-6-10(20)7-5-9/h1-7,14,19-20H,8H2,(H,22,23)/t14-/m0/s1. The molecular weight excluding hydrogens is 341 g/mol. The summed E-state index contributed by atoms with van der Waals surface area (Å²) >= 11 is 12.0. The van der Waals surface area contributed by atoms with E-state index in [2.05, 4.69) is 5.32 Å². The van der Waals surface area contributed by atoms with Crippen LogP contribution >= 0.6 is 23.2 Å². The number of halogens is 2. The van der Waals surface area contributed by atoms with Crippen molar-refractivity contribution in [1.82, 2.24) is 5.32 Å². The topological polar surface area (TPSA) is 86.6 Å². The summed E-state index contributed by atoms with van der Waals surface area (Å²) in [5.41, 5.74) is 0.688. The van der Waals surface area contributed by atoms with Crippen LogP contribution in [0.2, 0.25) is 10.0 Å². The molecule has 0 radical (unpaired) electrons. The van der Waals surface area contributed by atoms with E-state index in [0.717, 1.165) is 0 Å². The van der Waals surface area contributed by atoms with Gasteiger partial charge in [-0.3, -0.25) is 14.9 Å². The van der Waals surface area contributed by atoms with Gasteiger partial charge in [-0.25, -0.2) is 0 Å². The number of ketones is 1. The van der Waals surface area contributed by atoms with Crippen LogP contribution in [0.4, 0.5) is 0 Å². The van der Waals surface area contributed by atoms with E-state index in [1.165, 1.54) is 24.3 Å². The second-order valence-corrected chi connectivity index (χ2v) is 5.58. The molecule has 0 aliphatic rings. The molecule has 0 saturated heterocycles. The summed E-state index contributed by atoms with van der Waals surface area (Å²) in [5.74, 6) is -1.95. The number of benzene rings is 2. The Morgan fingerprint density at radius 2 is 1.61 bits per heavy atom. The van der Waals surface area contributed by atoms with Gasteiger partial charge in [0.25, 0.3) is 0 Å². The first kappa shape index (κ1) is 17.3. The van der Waals surface area contributed by atoms with Gasteiger partial charge in [-0.05, 0) is 36.4 Å². The molecule has 120 valence electrons. The van der Waals surface area contributed by atoms with Gasteiger partial charge in [-0.15, -0.1) is 0 Å². The molecule has 2 aromatic carbocycles. The molecule has 23 heavy (non-hydrogen) atoms. The number of phenols is 1. The average molecular weight is 354 g/mol. The van der Waals surface area contributed by atoms with Crippen LogP contribution in [-0.2, 0) is 11.3 Å². The maximum absolute atomic E-state index is 12.3. The number of carboxylic acids is 1. The lowest BCUT2D eigenvalue weighted by Gasteiger charge is -2.15. The number of carbonyl (C=O) groups is 2. The van der Waals surface area contributed by atoms with Crippen LogP contribution in [0.1, 0.15) is 15.9 Å². The van der Waals surface area contributed by atoms with Crippen molar-refractivity contribution < 1.29 is 19.8 Å². The molecule has 0 heterocycles. The minimum Gasteiger partial charge on any atom is -0.508 e. The first-order valence-corrected chi connectivity index (χ1v) is 7.38. The zero-order valence-corrected chi connectivity index (χ0v) is 13.3. The van der Waals surface area contributed by atoms with E-state index in [4.69, 9.17) is 23.2 Å². The molecule has 0 fully saturated rings. The highest BCUT2D eigenvalue weighted by atomic mass is 35.5. The van der Waals surface area contributed by atoms with Crippen molar-refractivity contribution in [2.45, 2.75) is 12.6 Å². The Morgan fingerprint density at radius 3 is 2.13 bits per heavy atom. The SMILES string of the molecule is O=C(O)[C@@H](NCc1c(Cl)cccc1Cl)C(=O)c1ccc(O)cc1. The normalized spacial score (nSPS) is 11.9. The second kappa shape index (κ2) is 7.46. The Kier molecular flexibility index (Phi) is 5.60. The van der Waals surface area contributed by atoms with Crippen molar-refractivity contribution in [3.63, 3.8) is 0 Å². The number of carbonyl (C=O) groups excluding carboxylic acids is 1. The van der Waals surface area contributed by atoms with E-state index in [9.17, 15) is 19.8 Å². The summed E-state index contributed by atoms with van der Waals surface area (Å²) in [4.78, 5) is 23.7.